The second kappa shape index (κ2) is 9.31. The maximum Gasteiger partial charge on any atom is 0.239 e. The molecule has 0 spiro atoms. The molecule has 0 unspecified atom stereocenters. The third-order valence-corrected chi connectivity index (χ3v) is 6.13. The van der Waals surface area contributed by atoms with E-state index >= 15 is 0 Å². The molecule has 0 aliphatic rings. The number of likely N-dealkylation sites (N-methyl/N-ethyl adjacent to an activating group) is 1. The third kappa shape index (κ3) is 4.91. The van der Waals surface area contributed by atoms with Crippen molar-refractivity contribution in [1.29, 1.82) is 5.26 Å². The summed E-state index contributed by atoms with van der Waals surface area (Å²) >= 11 is 7.52. The molecule has 0 fully saturated rings. The SMILES string of the molecule is CCN(CC(=O)Nc1c(C#N)c(C)c(C)n1Cc1ccco1)Cc1ccc(Cl)s1. The van der Waals surface area contributed by atoms with Crippen LogP contribution in [0.15, 0.2) is 34.9 Å². The van der Waals surface area contributed by atoms with Gasteiger partial charge in [-0.1, -0.05) is 18.5 Å². The lowest BCUT2D eigenvalue weighted by Gasteiger charge is -2.19. The fraction of sp³-hybridized carbons (Fsp3) is 0.333. The second-order valence-electron chi connectivity index (χ2n) is 6.77. The molecule has 0 saturated heterocycles. The highest BCUT2D eigenvalue weighted by atomic mass is 35.5. The number of hydrogen-bond donors (Lipinski definition) is 1. The normalized spacial score (nSPS) is 11.0. The highest BCUT2D eigenvalue weighted by molar-refractivity contribution is 7.16. The van der Waals surface area contributed by atoms with Crippen molar-refractivity contribution in [3.05, 3.63) is 62.3 Å². The fourth-order valence-corrected chi connectivity index (χ4v) is 4.33. The summed E-state index contributed by atoms with van der Waals surface area (Å²) in [6.07, 6.45) is 1.61. The molecule has 0 saturated carbocycles. The van der Waals surface area contributed by atoms with Crippen molar-refractivity contribution >= 4 is 34.7 Å². The van der Waals surface area contributed by atoms with E-state index in [4.69, 9.17) is 16.0 Å². The maximum atomic E-state index is 12.8. The Kier molecular flexibility index (Phi) is 6.80. The Labute approximate surface area is 179 Å². The Morgan fingerprint density at radius 1 is 1.38 bits per heavy atom. The topological polar surface area (TPSA) is 74.2 Å². The lowest BCUT2D eigenvalue weighted by molar-refractivity contribution is -0.117. The van der Waals surface area contributed by atoms with Gasteiger partial charge in [-0.05, 0) is 50.2 Å². The van der Waals surface area contributed by atoms with Crippen LogP contribution < -0.4 is 5.32 Å². The van der Waals surface area contributed by atoms with Gasteiger partial charge in [0.1, 0.15) is 17.6 Å². The van der Waals surface area contributed by atoms with Gasteiger partial charge in [-0.2, -0.15) is 5.26 Å². The average molecular weight is 431 g/mol. The van der Waals surface area contributed by atoms with E-state index in [1.807, 2.05) is 54.5 Å². The number of aromatic nitrogens is 1. The van der Waals surface area contributed by atoms with E-state index in [9.17, 15) is 10.1 Å². The molecule has 1 N–H and O–H groups in total. The van der Waals surface area contributed by atoms with Crippen molar-refractivity contribution in [2.75, 3.05) is 18.4 Å². The van der Waals surface area contributed by atoms with Crippen LogP contribution in [0.5, 0.6) is 0 Å². The van der Waals surface area contributed by atoms with Crippen LogP contribution in [0, 0.1) is 25.2 Å². The predicted molar refractivity (Wildman–Crippen MR) is 115 cm³/mol. The van der Waals surface area contributed by atoms with Gasteiger partial charge in [0.05, 0.1) is 29.3 Å². The number of amides is 1. The molecular weight excluding hydrogens is 408 g/mol. The number of rotatable bonds is 8. The molecule has 0 aromatic carbocycles. The molecule has 3 heterocycles. The van der Waals surface area contributed by atoms with E-state index in [1.54, 1.807) is 6.26 Å². The number of hydrogen-bond acceptors (Lipinski definition) is 5. The summed E-state index contributed by atoms with van der Waals surface area (Å²) in [5.74, 6) is 1.11. The van der Waals surface area contributed by atoms with Crippen LogP contribution in [0.1, 0.15) is 34.4 Å². The van der Waals surface area contributed by atoms with E-state index in [1.165, 1.54) is 11.3 Å². The first kappa shape index (κ1) is 21.2. The molecule has 6 nitrogen and oxygen atoms in total. The summed E-state index contributed by atoms with van der Waals surface area (Å²) in [6.45, 7) is 7.88. The lowest BCUT2D eigenvalue weighted by Crippen LogP contribution is -2.33. The van der Waals surface area contributed by atoms with Gasteiger partial charge in [0.25, 0.3) is 0 Å². The second-order valence-corrected chi connectivity index (χ2v) is 8.57. The van der Waals surface area contributed by atoms with Crippen LogP contribution in [0.3, 0.4) is 0 Å². The Morgan fingerprint density at radius 2 is 2.17 bits per heavy atom. The first-order valence-corrected chi connectivity index (χ1v) is 10.5. The number of carbonyl (C=O) groups excluding carboxylic acids is 1. The van der Waals surface area contributed by atoms with Gasteiger partial charge in [-0.25, -0.2) is 0 Å². The Balaban J connectivity index is 1.78. The maximum absolute atomic E-state index is 12.8. The van der Waals surface area contributed by atoms with Crippen LogP contribution in [0.25, 0.3) is 0 Å². The van der Waals surface area contributed by atoms with Gasteiger partial charge in [0.2, 0.25) is 5.91 Å². The van der Waals surface area contributed by atoms with Crippen LogP contribution in [-0.4, -0.2) is 28.5 Å². The quantitative estimate of drug-likeness (QED) is 0.557. The first-order valence-electron chi connectivity index (χ1n) is 9.31. The Morgan fingerprint density at radius 3 is 2.76 bits per heavy atom. The molecule has 3 rings (SSSR count). The molecular formula is C21H23ClN4O2S. The number of nitrogens with zero attached hydrogens (tertiary/aromatic N) is 3. The minimum atomic E-state index is -0.163. The van der Waals surface area contributed by atoms with Crippen LogP contribution >= 0.6 is 22.9 Å². The predicted octanol–water partition coefficient (Wildman–Crippen LogP) is 4.79. The first-order chi connectivity index (χ1) is 13.9. The Hall–Kier alpha value is -2.53. The highest BCUT2D eigenvalue weighted by Gasteiger charge is 2.21. The van der Waals surface area contributed by atoms with Crippen molar-refractivity contribution in [2.24, 2.45) is 0 Å². The summed E-state index contributed by atoms with van der Waals surface area (Å²) in [5.41, 5.74) is 2.26. The zero-order valence-corrected chi connectivity index (χ0v) is 18.2. The van der Waals surface area contributed by atoms with Crippen molar-refractivity contribution in [3.8, 4) is 6.07 Å². The molecule has 0 radical (unpaired) electrons. The number of nitriles is 1. The van der Waals surface area contributed by atoms with E-state index in [2.05, 4.69) is 11.4 Å². The minimum Gasteiger partial charge on any atom is -0.467 e. The molecule has 3 aromatic heterocycles. The molecule has 0 aliphatic carbocycles. The molecule has 3 aromatic rings. The number of thiophene rings is 1. The molecule has 29 heavy (non-hydrogen) atoms. The minimum absolute atomic E-state index is 0.163. The van der Waals surface area contributed by atoms with Crippen LogP contribution in [0.2, 0.25) is 4.34 Å². The Bertz CT molecular complexity index is 1030. The zero-order chi connectivity index (χ0) is 21.0. The summed E-state index contributed by atoms with van der Waals surface area (Å²) in [4.78, 5) is 15.9. The monoisotopic (exact) mass is 430 g/mol. The van der Waals surface area contributed by atoms with Gasteiger partial charge >= 0.3 is 0 Å². The molecule has 0 aliphatic heterocycles. The molecule has 0 atom stereocenters. The van der Waals surface area contributed by atoms with Crippen molar-refractivity contribution in [3.63, 3.8) is 0 Å². The third-order valence-electron chi connectivity index (χ3n) is 4.92. The average Bonchev–Trinajstić information content (AvgIpc) is 3.40. The summed E-state index contributed by atoms with van der Waals surface area (Å²) in [7, 11) is 0. The highest BCUT2D eigenvalue weighted by Crippen LogP contribution is 2.28. The van der Waals surface area contributed by atoms with Gasteiger partial charge in [-0.15, -0.1) is 11.3 Å². The standard InChI is InChI=1S/C21H23ClN4O2S/c1-4-25(12-17-7-8-19(22)29-17)13-20(27)24-21-18(10-23)14(2)15(3)26(21)11-16-6-5-9-28-16/h5-9H,4,11-13H2,1-3H3,(H,24,27). The largest absolute Gasteiger partial charge is 0.467 e. The summed E-state index contributed by atoms with van der Waals surface area (Å²) in [6, 6.07) is 9.76. The van der Waals surface area contributed by atoms with Gasteiger partial charge in [0.15, 0.2) is 0 Å². The fourth-order valence-electron chi connectivity index (χ4n) is 3.20. The zero-order valence-electron chi connectivity index (χ0n) is 16.7. The van der Waals surface area contributed by atoms with Gasteiger partial charge in [0, 0.05) is 17.1 Å². The van der Waals surface area contributed by atoms with Crippen molar-refractivity contribution in [2.45, 2.75) is 33.9 Å². The van der Waals surface area contributed by atoms with Gasteiger partial charge in [-0.3, -0.25) is 9.69 Å². The van der Waals surface area contributed by atoms with E-state index in [-0.39, 0.29) is 12.5 Å². The smallest absolute Gasteiger partial charge is 0.239 e. The van der Waals surface area contributed by atoms with Gasteiger partial charge < -0.3 is 14.3 Å². The molecule has 152 valence electrons. The summed E-state index contributed by atoms with van der Waals surface area (Å²) in [5, 5.41) is 12.6. The van der Waals surface area contributed by atoms with Crippen LogP contribution in [0.4, 0.5) is 5.82 Å². The number of carbonyl (C=O) groups is 1. The number of halogens is 1. The lowest BCUT2D eigenvalue weighted by atomic mass is 10.2. The molecule has 8 heteroatoms. The van der Waals surface area contributed by atoms with Crippen molar-refractivity contribution in [1.82, 2.24) is 9.47 Å². The van der Waals surface area contributed by atoms with Crippen molar-refractivity contribution < 1.29 is 9.21 Å². The molecule has 1 amide bonds. The number of furan rings is 1. The summed E-state index contributed by atoms with van der Waals surface area (Å²) < 4.78 is 8.10. The molecule has 0 bridgehead atoms. The number of nitrogens with one attached hydrogen (secondary N) is 1. The van der Waals surface area contributed by atoms with E-state index in [0.717, 1.165) is 32.8 Å². The van der Waals surface area contributed by atoms with E-state index < -0.39 is 0 Å². The van der Waals surface area contributed by atoms with Crippen LogP contribution in [-0.2, 0) is 17.9 Å². The number of anilines is 1. The van der Waals surface area contributed by atoms with E-state index in [0.29, 0.717) is 24.5 Å².